The number of aromatic nitrogens is 3. The van der Waals surface area contributed by atoms with Crippen LogP contribution in [0.5, 0.6) is 0 Å². The lowest BCUT2D eigenvalue weighted by Gasteiger charge is -2.19. The van der Waals surface area contributed by atoms with Crippen LogP contribution in [0.25, 0.3) is 0 Å². The van der Waals surface area contributed by atoms with Gasteiger partial charge in [0.2, 0.25) is 0 Å². The molecule has 1 aliphatic carbocycles. The van der Waals surface area contributed by atoms with E-state index in [1.165, 1.54) is 18.4 Å². The molecule has 23 heavy (non-hydrogen) atoms. The fourth-order valence-electron chi connectivity index (χ4n) is 2.70. The Labute approximate surface area is 137 Å². The summed E-state index contributed by atoms with van der Waals surface area (Å²) in [6.45, 7) is 4.33. The van der Waals surface area contributed by atoms with Crippen molar-refractivity contribution in [3.63, 3.8) is 0 Å². The van der Waals surface area contributed by atoms with Crippen LogP contribution in [0.15, 0.2) is 41.7 Å². The molecule has 0 amide bonds. The Kier molecular flexibility index (Phi) is 4.60. The predicted molar refractivity (Wildman–Crippen MR) is 91.2 cm³/mol. The number of nitrogens with zero attached hydrogens (tertiary/aromatic N) is 4. The smallest absolute Gasteiger partial charge is 0.191 e. The second-order valence-electron chi connectivity index (χ2n) is 6.05. The third-order valence-electron chi connectivity index (χ3n) is 4.36. The van der Waals surface area contributed by atoms with E-state index in [0.717, 1.165) is 24.9 Å². The maximum Gasteiger partial charge on any atom is 0.191 e. The van der Waals surface area contributed by atoms with Gasteiger partial charge in [-0.15, -0.1) is 10.2 Å². The largest absolute Gasteiger partial charge is 0.357 e. The van der Waals surface area contributed by atoms with E-state index in [9.17, 15) is 0 Å². The Balaban J connectivity index is 1.63. The fourth-order valence-corrected chi connectivity index (χ4v) is 2.70. The molecule has 1 fully saturated rings. The lowest BCUT2D eigenvalue weighted by molar-refractivity contribution is 0.644. The second kappa shape index (κ2) is 6.81. The van der Waals surface area contributed by atoms with Crippen LogP contribution in [0.4, 0.5) is 0 Å². The minimum atomic E-state index is 0.266. The summed E-state index contributed by atoms with van der Waals surface area (Å²) >= 11 is 0. The zero-order chi connectivity index (χ0) is 16.1. The molecule has 1 aromatic carbocycles. The molecule has 0 aliphatic heterocycles. The molecule has 2 aromatic rings. The summed E-state index contributed by atoms with van der Waals surface area (Å²) in [5, 5.41) is 14.7. The topological polar surface area (TPSA) is 67.1 Å². The molecule has 6 heteroatoms. The highest BCUT2D eigenvalue weighted by molar-refractivity contribution is 5.79. The molecule has 1 aliphatic rings. The molecule has 0 radical (unpaired) electrons. The molecule has 1 aromatic heterocycles. The Morgan fingerprint density at radius 1 is 1.26 bits per heavy atom. The fraction of sp³-hybridized carbons (Fsp3) is 0.471. The van der Waals surface area contributed by atoms with Crippen LogP contribution < -0.4 is 10.6 Å². The first-order chi connectivity index (χ1) is 11.2. The number of aliphatic imine (C=N–C) groups is 1. The number of nitrogens with one attached hydrogen (secondary N) is 2. The van der Waals surface area contributed by atoms with Gasteiger partial charge >= 0.3 is 0 Å². The minimum Gasteiger partial charge on any atom is -0.357 e. The van der Waals surface area contributed by atoms with Crippen molar-refractivity contribution in [2.45, 2.75) is 31.7 Å². The number of hydrogen-bond donors (Lipinski definition) is 2. The Hall–Kier alpha value is -2.37. The summed E-state index contributed by atoms with van der Waals surface area (Å²) < 4.78 is 1.89. The number of benzene rings is 1. The van der Waals surface area contributed by atoms with E-state index < -0.39 is 0 Å². The predicted octanol–water partition coefficient (Wildman–Crippen LogP) is 1.60. The normalized spacial score (nSPS) is 16.2. The van der Waals surface area contributed by atoms with Gasteiger partial charge in [0.15, 0.2) is 11.8 Å². The van der Waals surface area contributed by atoms with Gasteiger partial charge in [0, 0.05) is 25.6 Å². The molecule has 2 N–H and O–H groups in total. The molecular formula is C17H24N6. The maximum atomic E-state index is 4.61. The molecule has 0 saturated heterocycles. The molecule has 0 bridgehead atoms. The van der Waals surface area contributed by atoms with E-state index in [0.29, 0.717) is 6.54 Å². The molecule has 6 nitrogen and oxygen atoms in total. The highest BCUT2D eigenvalue weighted by atomic mass is 15.3. The maximum absolute atomic E-state index is 4.61. The summed E-state index contributed by atoms with van der Waals surface area (Å²) in [6, 6.07) is 10.7. The molecule has 0 atom stereocenters. The average Bonchev–Trinajstić information content (AvgIpc) is 3.27. The first-order valence-electron chi connectivity index (χ1n) is 8.14. The quantitative estimate of drug-likeness (QED) is 0.628. The molecule has 1 saturated carbocycles. The molecule has 0 spiro atoms. The zero-order valence-corrected chi connectivity index (χ0v) is 13.8. The lowest BCUT2D eigenvalue weighted by Crippen LogP contribution is -2.41. The van der Waals surface area contributed by atoms with Gasteiger partial charge in [0.25, 0.3) is 0 Å². The van der Waals surface area contributed by atoms with Crippen molar-refractivity contribution in [3.8, 4) is 0 Å². The standard InChI is InChI=1S/C17H24N6/c1-3-18-16(19-11-15-22-21-13-23(15)2)20-12-17(9-10-17)14-7-5-4-6-8-14/h4-8,13H,3,9-12H2,1-2H3,(H2,18,19,20). The van der Waals surface area contributed by atoms with E-state index in [1.807, 2.05) is 11.6 Å². The monoisotopic (exact) mass is 312 g/mol. The summed E-state index contributed by atoms with van der Waals surface area (Å²) in [5.74, 6) is 1.68. The SMILES string of the molecule is CCNC(=NCc1nncn1C)NCC1(c2ccccc2)CC1. The van der Waals surface area contributed by atoms with E-state index in [2.05, 4.69) is 63.1 Å². The number of aryl methyl sites for hydroxylation is 1. The highest BCUT2D eigenvalue weighted by Crippen LogP contribution is 2.47. The van der Waals surface area contributed by atoms with E-state index in [4.69, 9.17) is 0 Å². The van der Waals surface area contributed by atoms with Gasteiger partial charge in [-0.1, -0.05) is 30.3 Å². The third kappa shape index (κ3) is 3.70. The van der Waals surface area contributed by atoms with Crippen LogP contribution in [0.2, 0.25) is 0 Å². The highest BCUT2D eigenvalue weighted by Gasteiger charge is 2.43. The van der Waals surface area contributed by atoms with Gasteiger partial charge in [0.05, 0.1) is 0 Å². The van der Waals surface area contributed by atoms with Gasteiger partial charge in [-0.3, -0.25) is 0 Å². The Morgan fingerprint density at radius 3 is 2.65 bits per heavy atom. The van der Waals surface area contributed by atoms with Gasteiger partial charge in [0.1, 0.15) is 12.9 Å². The van der Waals surface area contributed by atoms with Crippen LogP contribution in [-0.4, -0.2) is 33.8 Å². The van der Waals surface area contributed by atoms with Crippen molar-refractivity contribution < 1.29 is 0 Å². The van der Waals surface area contributed by atoms with E-state index >= 15 is 0 Å². The number of guanidine groups is 1. The molecule has 3 rings (SSSR count). The van der Waals surface area contributed by atoms with Crippen molar-refractivity contribution >= 4 is 5.96 Å². The molecule has 1 heterocycles. The van der Waals surface area contributed by atoms with E-state index in [-0.39, 0.29) is 5.41 Å². The van der Waals surface area contributed by atoms with Crippen LogP contribution in [0, 0.1) is 0 Å². The summed E-state index contributed by atoms with van der Waals surface area (Å²) in [7, 11) is 1.93. The lowest BCUT2D eigenvalue weighted by atomic mass is 9.96. The van der Waals surface area contributed by atoms with Gasteiger partial charge in [-0.05, 0) is 25.3 Å². The van der Waals surface area contributed by atoms with Crippen LogP contribution in [-0.2, 0) is 19.0 Å². The van der Waals surface area contributed by atoms with Gasteiger partial charge < -0.3 is 15.2 Å². The van der Waals surface area contributed by atoms with Crippen LogP contribution >= 0.6 is 0 Å². The van der Waals surface area contributed by atoms with Gasteiger partial charge in [-0.2, -0.15) is 0 Å². The van der Waals surface area contributed by atoms with Crippen molar-refractivity contribution in [2.75, 3.05) is 13.1 Å². The average molecular weight is 312 g/mol. The first kappa shape index (κ1) is 15.5. The Morgan fingerprint density at radius 2 is 2.04 bits per heavy atom. The van der Waals surface area contributed by atoms with Crippen molar-refractivity contribution in [1.82, 2.24) is 25.4 Å². The molecule has 122 valence electrons. The number of rotatable bonds is 6. The summed E-state index contributed by atoms with van der Waals surface area (Å²) in [4.78, 5) is 4.61. The number of hydrogen-bond acceptors (Lipinski definition) is 3. The summed E-state index contributed by atoms with van der Waals surface area (Å²) in [6.07, 6.45) is 4.15. The zero-order valence-electron chi connectivity index (χ0n) is 13.8. The Bertz CT molecular complexity index is 657. The molecule has 0 unspecified atom stereocenters. The van der Waals surface area contributed by atoms with Crippen LogP contribution in [0.3, 0.4) is 0 Å². The molecular weight excluding hydrogens is 288 g/mol. The third-order valence-corrected chi connectivity index (χ3v) is 4.36. The summed E-state index contributed by atoms with van der Waals surface area (Å²) in [5.41, 5.74) is 1.68. The minimum absolute atomic E-state index is 0.266. The van der Waals surface area contributed by atoms with Crippen molar-refractivity contribution in [1.29, 1.82) is 0 Å². The van der Waals surface area contributed by atoms with Crippen molar-refractivity contribution in [3.05, 3.63) is 48.0 Å². The first-order valence-corrected chi connectivity index (χ1v) is 8.14. The van der Waals surface area contributed by atoms with Gasteiger partial charge in [-0.25, -0.2) is 4.99 Å². The van der Waals surface area contributed by atoms with Crippen LogP contribution in [0.1, 0.15) is 31.2 Å². The van der Waals surface area contributed by atoms with E-state index in [1.54, 1.807) is 6.33 Å². The van der Waals surface area contributed by atoms with Crippen molar-refractivity contribution in [2.24, 2.45) is 12.0 Å². The second-order valence-corrected chi connectivity index (χ2v) is 6.05.